The summed E-state index contributed by atoms with van der Waals surface area (Å²) < 4.78 is 0. The molecule has 0 bridgehead atoms. The number of carboxylic acid groups (broad SMARTS) is 1. The number of nitrogens with one attached hydrogen (secondary N) is 2. The topological polar surface area (TPSA) is 95.1 Å². The summed E-state index contributed by atoms with van der Waals surface area (Å²) in [6.07, 6.45) is 3.39. The van der Waals surface area contributed by atoms with Gasteiger partial charge in [0.25, 0.3) is 0 Å². The van der Waals surface area contributed by atoms with E-state index in [1.165, 1.54) is 6.92 Å². The number of carbonyl (C=O) groups is 2. The molecule has 0 saturated heterocycles. The van der Waals surface area contributed by atoms with Crippen LogP contribution in [0.1, 0.15) is 12.5 Å². The Hall–Kier alpha value is -3.41. The first-order valence-corrected chi connectivity index (χ1v) is 7.24. The van der Waals surface area contributed by atoms with Crippen molar-refractivity contribution in [3.05, 3.63) is 54.9 Å². The minimum Gasteiger partial charge on any atom is -0.478 e. The van der Waals surface area contributed by atoms with Crippen molar-refractivity contribution < 1.29 is 14.7 Å². The first-order valence-electron chi connectivity index (χ1n) is 7.24. The van der Waals surface area contributed by atoms with Gasteiger partial charge in [0, 0.05) is 24.9 Å². The van der Waals surface area contributed by atoms with Gasteiger partial charge in [-0.2, -0.15) is 0 Å². The van der Waals surface area contributed by atoms with E-state index in [0.717, 1.165) is 16.5 Å². The predicted molar refractivity (Wildman–Crippen MR) is 92.5 cm³/mol. The number of benzene rings is 1. The molecule has 0 aliphatic carbocycles. The van der Waals surface area contributed by atoms with Gasteiger partial charge in [0.2, 0.25) is 5.91 Å². The number of pyridine rings is 1. The van der Waals surface area contributed by atoms with E-state index in [4.69, 9.17) is 5.11 Å². The first-order chi connectivity index (χ1) is 11.5. The van der Waals surface area contributed by atoms with Crippen LogP contribution in [0, 0.1) is 0 Å². The third-order valence-electron chi connectivity index (χ3n) is 3.66. The Labute approximate surface area is 137 Å². The molecule has 0 aliphatic rings. The van der Waals surface area contributed by atoms with Crippen LogP contribution in [-0.4, -0.2) is 27.0 Å². The number of anilines is 1. The third-order valence-corrected chi connectivity index (χ3v) is 3.66. The smallest absolute Gasteiger partial charge is 0.335 e. The Morgan fingerprint density at radius 3 is 2.79 bits per heavy atom. The van der Waals surface area contributed by atoms with Crippen LogP contribution in [-0.2, 0) is 9.59 Å². The standard InChI is InChI=1S/C18H15N3O3/c1-10(18(23)24)12-4-3-5-13(8-12)14-9-20-17-16(14)15(6-7-19-17)21-11(2)22/h3-9H,1H2,2H3,(H,23,24)(H2,19,20,21,22). The zero-order chi connectivity index (χ0) is 17.3. The van der Waals surface area contributed by atoms with Crippen molar-refractivity contribution in [2.45, 2.75) is 6.92 Å². The quantitative estimate of drug-likeness (QED) is 0.643. The lowest BCUT2D eigenvalue weighted by Crippen LogP contribution is -2.06. The van der Waals surface area contributed by atoms with Crippen LogP contribution in [0.2, 0.25) is 0 Å². The van der Waals surface area contributed by atoms with Crippen molar-refractivity contribution in [2.75, 3.05) is 5.32 Å². The summed E-state index contributed by atoms with van der Waals surface area (Å²) in [6.45, 7) is 5.03. The van der Waals surface area contributed by atoms with Crippen LogP contribution < -0.4 is 5.32 Å². The summed E-state index contributed by atoms with van der Waals surface area (Å²) in [5, 5.41) is 12.7. The summed E-state index contributed by atoms with van der Waals surface area (Å²) in [5.74, 6) is -1.24. The van der Waals surface area contributed by atoms with Crippen LogP contribution in [0.25, 0.3) is 27.7 Å². The molecule has 2 heterocycles. The molecule has 0 radical (unpaired) electrons. The fourth-order valence-electron chi connectivity index (χ4n) is 2.58. The summed E-state index contributed by atoms with van der Waals surface area (Å²) in [4.78, 5) is 29.9. The lowest BCUT2D eigenvalue weighted by Gasteiger charge is -2.08. The van der Waals surface area contributed by atoms with Gasteiger partial charge in [0.05, 0.1) is 16.6 Å². The maximum Gasteiger partial charge on any atom is 0.335 e. The van der Waals surface area contributed by atoms with Gasteiger partial charge in [0.1, 0.15) is 5.65 Å². The number of rotatable bonds is 4. The summed E-state index contributed by atoms with van der Waals surface area (Å²) in [5.41, 5.74) is 3.46. The van der Waals surface area contributed by atoms with Gasteiger partial charge in [-0.25, -0.2) is 9.78 Å². The number of H-pyrrole nitrogens is 1. The fraction of sp³-hybridized carbons (Fsp3) is 0.0556. The first kappa shape index (κ1) is 15.5. The minimum absolute atomic E-state index is 0.0249. The van der Waals surface area contributed by atoms with Crippen molar-refractivity contribution in [3.63, 3.8) is 0 Å². The molecule has 3 rings (SSSR count). The predicted octanol–water partition coefficient (Wildman–Crippen LogP) is 3.29. The molecular weight excluding hydrogens is 306 g/mol. The Bertz CT molecular complexity index is 973. The Morgan fingerprint density at radius 1 is 1.29 bits per heavy atom. The molecule has 0 atom stereocenters. The molecule has 0 fully saturated rings. The van der Waals surface area contributed by atoms with Gasteiger partial charge >= 0.3 is 5.97 Å². The van der Waals surface area contributed by atoms with E-state index >= 15 is 0 Å². The van der Waals surface area contributed by atoms with E-state index in [0.29, 0.717) is 16.9 Å². The molecule has 6 heteroatoms. The van der Waals surface area contributed by atoms with Gasteiger partial charge in [-0.05, 0) is 23.3 Å². The van der Waals surface area contributed by atoms with Crippen molar-refractivity contribution in [1.29, 1.82) is 0 Å². The minimum atomic E-state index is -1.06. The molecule has 6 nitrogen and oxygen atoms in total. The van der Waals surface area contributed by atoms with Gasteiger partial charge in [-0.3, -0.25) is 4.79 Å². The number of carboxylic acids is 1. The molecule has 0 spiro atoms. The average Bonchev–Trinajstić information content (AvgIpc) is 2.99. The maximum atomic E-state index is 11.4. The molecule has 120 valence electrons. The summed E-state index contributed by atoms with van der Waals surface area (Å²) in [6, 6.07) is 8.81. The number of hydrogen-bond donors (Lipinski definition) is 3. The molecule has 1 amide bonds. The fourth-order valence-corrected chi connectivity index (χ4v) is 2.58. The highest BCUT2D eigenvalue weighted by atomic mass is 16.4. The second-order valence-corrected chi connectivity index (χ2v) is 5.33. The second-order valence-electron chi connectivity index (χ2n) is 5.33. The van der Waals surface area contributed by atoms with E-state index in [2.05, 4.69) is 21.9 Å². The lowest BCUT2D eigenvalue weighted by molar-refractivity contribution is -0.130. The van der Waals surface area contributed by atoms with Crippen molar-refractivity contribution in [1.82, 2.24) is 9.97 Å². The molecule has 1 aromatic carbocycles. The number of aromatic nitrogens is 2. The number of carbonyl (C=O) groups excluding carboxylic acids is 1. The van der Waals surface area contributed by atoms with E-state index < -0.39 is 5.97 Å². The molecule has 3 N–H and O–H groups in total. The van der Waals surface area contributed by atoms with Crippen molar-refractivity contribution in [3.8, 4) is 11.1 Å². The number of aliphatic carboxylic acids is 1. The highest BCUT2D eigenvalue weighted by molar-refractivity contribution is 6.15. The molecule has 0 unspecified atom stereocenters. The summed E-state index contributed by atoms with van der Waals surface area (Å²) in [7, 11) is 0. The Balaban J connectivity index is 2.17. The zero-order valence-electron chi connectivity index (χ0n) is 13.0. The average molecular weight is 321 g/mol. The Kier molecular flexibility index (Phi) is 3.87. The van der Waals surface area contributed by atoms with E-state index in [1.54, 1.807) is 36.7 Å². The lowest BCUT2D eigenvalue weighted by atomic mass is 9.99. The maximum absolute atomic E-state index is 11.4. The summed E-state index contributed by atoms with van der Waals surface area (Å²) >= 11 is 0. The van der Waals surface area contributed by atoms with Gasteiger partial charge in [-0.15, -0.1) is 0 Å². The van der Waals surface area contributed by atoms with Gasteiger partial charge in [0.15, 0.2) is 0 Å². The van der Waals surface area contributed by atoms with Gasteiger partial charge < -0.3 is 15.4 Å². The van der Waals surface area contributed by atoms with Crippen LogP contribution >= 0.6 is 0 Å². The second kappa shape index (κ2) is 6.00. The monoisotopic (exact) mass is 321 g/mol. The largest absolute Gasteiger partial charge is 0.478 e. The van der Waals surface area contributed by atoms with Crippen LogP contribution in [0.3, 0.4) is 0 Å². The zero-order valence-corrected chi connectivity index (χ0v) is 13.0. The van der Waals surface area contributed by atoms with Crippen molar-refractivity contribution in [2.24, 2.45) is 0 Å². The van der Waals surface area contributed by atoms with Crippen LogP contribution in [0.4, 0.5) is 5.69 Å². The van der Waals surface area contributed by atoms with E-state index in [9.17, 15) is 9.59 Å². The third kappa shape index (κ3) is 2.77. The molecule has 0 aliphatic heterocycles. The van der Waals surface area contributed by atoms with Crippen LogP contribution in [0.15, 0.2) is 49.3 Å². The molecular formula is C18H15N3O3. The number of fused-ring (bicyclic) bond motifs is 1. The normalized spacial score (nSPS) is 10.5. The number of amides is 1. The van der Waals surface area contributed by atoms with E-state index in [1.807, 2.05) is 6.07 Å². The molecule has 2 aromatic heterocycles. The van der Waals surface area contributed by atoms with Crippen LogP contribution in [0.5, 0.6) is 0 Å². The number of nitrogens with zero attached hydrogens (tertiary/aromatic N) is 1. The molecule has 0 saturated carbocycles. The number of hydrogen-bond acceptors (Lipinski definition) is 3. The Morgan fingerprint density at radius 2 is 2.08 bits per heavy atom. The van der Waals surface area contributed by atoms with Crippen molar-refractivity contribution >= 4 is 34.2 Å². The van der Waals surface area contributed by atoms with E-state index in [-0.39, 0.29) is 11.5 Å². The SMILES string of the molecule is C=C(C(=O)O)c1cccc(-c2c[nH]c3nccc(NC(C)=O)c23)c1. The molecule has 24 heavy (non-hydrogen) atoms. The van der Waals surface area contributed by atoms with Gasteiger partial charge in [-0.1, -0.05) is 24.8 Å². The highest BCUT2D eigenvalue weighted by Crippen LogP contribution is 2.34. The highest BCUT2D eigenvalue weighted by Gasteiger charge is 2.14. The number of aromatic amines is 1. The molecule has 3 aromatic rings.